The molecule has 0 aliphatic heterocycles. The largest absolute Gasteiger partial charge is 0.380 e. The molecule has 0 spiro atoms. The maximum Gasteiger partial charge on any atom is 0.164 e. The van der Waals surface area contributed by atoms with Crippen LogP contribution >= 0.6 is 15.9 Å². The molecule has 1 atom stereocenters. The van der Waals surface area contributed by atoms with Gasteiger partial charge in [-0.05, 0) is 25.1 Å². The first kappa shape index (κ1) is 15.9. The molecular weight excluding hydrogens is 340 g/mol. The van der Waals surface area contributed by atoms with E-state index in [4.69, 9.17) is 4.74 Å². The molecule has 2 rings (SSSR count). The molecule has 21 heavy (non-hydrogen) atoms. The number of hydrogen-bond donors (Lipinski definition) is 1. The second-order valence-corrected chi connectivity index (χ2v) is 5.56. The summed E-state index contributed by atoms with van der Waals surface area (Å²) in [6, 6.07) is 9.49. The minimum absolute atomic E-state index is 0.290. The molecule has 0 amide bonds. The fourth-order valence-electron chi connectivity index (χ4n) is 2.15. The predicted molar refractivity (Wildman–Crippen MR) is 83.3 cm³/mol. The monoisotopic (exact) mass is 355 g/mol. The van der Waals surface area contributed by atoms with Crippen LogP contribution in [0.3, 0.4) is 0 Å². The van der Waals surface area contributed by atoms with Crippen molar-refractivity contribution in [2.45, 2.75) is 19.6 Å². The SMILES string of the molecule is COCc1c(Br)cccc1NC(C)c1cccc(F)c1F. The molecule has 5 heteroatoms. The Labute approximate surface area is 131 Å². The number of nitrogens with one attached hydrogen (secondary N) is 1. The lowest BCUT2D eigenvalue weighted by atomic mass is 10.1. The lowest BCUT2D eigenvalue weighted by molar-refractivity contribution is 0.185. The number of anilines is 1. The highest BCUT2D eigenvalue weighted by molar-refractivity contribution is 9.10. The molecule has 0 saturated heterocycles. The zero-order valence-electron chi connectivity index (χ0n) is 11.8. The van der Waals surface area contributed by atoms with Crippen molar-refractivity contribution in [2.24, 2.45) is 0 Å². The van der Waals surface area contributed by atoms with Crippen LogP contribution in [0, 0.1) is 11.6 Å². The summed E-state index contributed by atoms with van der Waals surface area (Å²) in [5.74, 6) is -1.66. The van der Waals surface area contributed by atoms with E-state index in [-0.39, 0.29) is 6.04 Å². The Morgan fingerprint density at radius 2 is 1.90 bits per heavy atom. The first-order chi connectivity index (χ1) is 10.0. The van der Waals surface area contributed by atoms with Gasteiger partial charge in [0, 0.05) is 28.4 Å². The molecule has 0 aliphatic carbocycles. The summed E-state index contributed by atoms with van der Waals surface area (Å²) >= 11 is 3.47. The Morgan fingerprint density at radius 1 is 1.19 bits per heavy atom. The normalized spacial score (nSPS) is 12.2. The average molecular weight is 356 g/mol. The van der Waals surface area contributed by atoms with Gasteiger partial charge in [0.2, 0.25) is 0 Å². The molecule has 2 aromatic carbocycles. The van der Waals surface area contributed by atoms with Crippen molar-refractivity contribution < 1.29 is 13.5 Å². The van der Waals surface area contributed by atoms with Gasteiger partial charge < -0.3 is 10.1 Å². The Balaban J connectivity index is 2.29. The molecule has 1 unspecified atom stereocenters. The number of halogens is 3. The third-order valence-corrected chi connectivity index (χ3v) is 3.97. The summed E-state index contributed by atoms with van der Waals surface area (Å²) in [7, 11) is 1.61. The third-order valence-electron chi connectivity index (χ3n) is 3.23. The van der Waals surface area contributed by atoms with Crippen molar-refractivity contribution in [3.8, 4) is 0 Å². The van der Waals surface area contributed by atoms with E-state index < -0.39 is 11.6 Å². The Hall–Kier alpha value is -1.46. The van der Waals surface area contributed by atoms with Gasteiger partial charge in [0.15, 0.2) is 11.6 Å². The minimum Gasteiger partial charge on any atom is -0.380 e. The van der Waals surface area contributed by atoms with Crippen LogP contribution in [0.2, 0.25) is 0 Å². The first-order valence-electron chi connectivity index (χ1n) is 6.51. The van der Waals surface area contributed by atoms with Crippen molar-refractivity contribution >= 4 is 21.6 Å². The molecule has 2 aromatic rings. The number of methoxy groups -OCH3 is 1. The van der Waals surface area contributed by atoms with Crippen LogP contribution in [0.25, 0.3) is 0 Å². The molecule has 0 heterocycles. The van der Waals surface area contributed by atoms with E-state index in [1.54, 1.807) is 20.1 Å². The van der Waals surface area contributed by atoms with E-state index in [1.165, 1.54) is 6.07 Å². The van der Waals surface area contributed by atoms with Gasteiger partial charge in [-0.2, -0.15) is 0 Å². The van der Waals surface area contributed by atoms with Crippen molar-refractivity contribution in [3.63, 3.8) is 0 Å². The van der Waals surface area contributed by atoms with Crippen LogP contribution in [0.15, 0.2) is 40.9 Å². The standard InChI is InChI=1S/C16H16BrF2NO/c1-10(11-5-3-7-14(18)16(11)19)20-15-8-4-6-13(17)12(15)9-21-2/h3-8,10,20H,9H2,1-2H3. The highest BCUT2D eigenvalue weighted by Crippen LogP contribution is 2.29. The van der Waals surface area contributed by atoms with Crippen LogP contribution in [-0.4, -0.2) is 7.11 Å². The topological polar surface area (TPSA) is 21.3 Å². The van der Waals surface area contributed by atoms with Crippen molar-refractivity contribution in [3.05, 3.63) is 63.6 Å². The lowest BCUT2D eigenvalue weighted by Gasteiger charge is -2.19. The van der Waals surface area contributed by atoms with Crippen LogP contribution < -0.4 is 5.32 Å². The number of rotatable bonds is 5. The third kappa shape index (κ3) is 3.60. The van der Waals surface area contributed by atoms with Gasteiger partial charge in [-0.3, -0.25) is 0 Å². The van der Waals surface area contributed by atoms with E-state index >= 15 is 0 Å². The van der Waals surface area contributed by atoms with Crippen LogP contribution in [0.5, 0.6) is 0 Å². The highest BCUT2D eigenvalue weighted by atomic mass is 79.9. The van der Waals surface area contributed by atoms with Crippen molar-refractivity contribution in [2.75, 3.05) is 12.4 Å². The van der Waals surface area contributed by atoms with Gasteiger partial charge in [-0.1, -0.05) is 34.1 Å². The van der Waals surface area contributed by atoms with Crippen molar-refractivity contribution in [1.29, 1.82) is 0 Å². The van der Waals surface area contributed by atoms with Crippen LogP contribution in [0.1, 0.15) is 24.1 Å². The van der Waals surface area contributed by atoms with E-state index in [0.29, 0.717) is 12.2 Å². The minimum atomic E-state index is -0.840. The van der Waals surface area contributed by atoms with Crippen LogP contribution in [0.4, 0.5) is 14.5 Å². The summed E-state index contributed by atoms with van der Waals surface area (Å²) in [6.07, 6.45) is 0. The Bertz CT molecular complexity index is 634. The zero-order chi connectivity index (χ0) is 15.4. The van der Waals surface area contributed by atoms with Gasteiger partial charge in [0.1, 0.15) is 0 Å². The summed E-state index contributed by atoms with van der Waals surface area (Å²) in [5, 5.41) is 3.20. The molecule has 2 nitrogen and oxygen atoms in total. The first-order valence-corrected chi connectivity index (χ1v) is 7.30. The molecule has 112 valence electrons. The average Bonchev–Trinajstić information content (AvgIpc) is 2.45. The van der Waals surface area contributed by atoms with E-state index in [0.717, 1.165) is 21.8 Å². The zero-order valence-corrected chi connectivity index (χ0v) is 13.4. The van der Waals surface area contributed by atoms with Gasteiger partial charge in [-0.25, -0.2) is 8.78 Å². The molecule has 1 N–H and O–H groups in total. The van der Waals surface area contributed by atoms with Gasteiger partial charge in [0.05, 0.1) is 12.6 Å². The fourth-order valence-corrected chi connectivity index (χ4v) is 2.63. The number of hydrogen-bond acceptors (Lipinski definition) is 2. The maximum absolute atomic E-state index is 13.8. The summed E-state index contributed by atoms with van der Waals surface area (Å²) in [5.41, 5.74) is 2.05. The summed E-state index contributed by atoms with van der Waals surface area (Å²) < 4.78 is 33.2. The number of benzene rings is 2. The molecule has 0 aromatic heterocycles. The predicted octanol–water partition coefficient (Wildman–Crippen LogP) is 5.05. The second-order valence-electron chi connectivity index (χ2n) is 4.71. The summed E-state index contributed by atoms with van der Waals surface area (Å²) in [6.45, 7) is 2.21. The van der Waals surface area contributed by atoms with Gasteiger partial charge in [-0.15, -0.1) is 0 Å². The molecule has 0 fully saturated rings. The summed E-state index contributed by atoms with van der Waals surface area (Å²) in [4.78, 5) is 0. The molecule has 0 saturated carbocycles. The van der Waals surface area contributed by atoms with E-state index in [1.807, 2.05) is 18.2 Å². The van der Waals surface area contributed by atoms with Gasteiger partial charge in [0.25, 0.3) is 0 Å². The number of ether oxygens (including phenoxy) is 1. The molecule has 0 bridgehead atoms. The quantitative estimate of drug-likeness (QED) is 0.810. The second kappa shape index (κ2) is 7.00. The van der Waals surface area contributed by atoms with Crippen molar-refractivity contribution in [1.82, 2.24) is 0 Å². The Kier molecular flexibility index (Phi) is 5.31. The fraction of sp³-hybridized carbons (Fsp3) is 0.250. The Morgan fingerprint density at radius 3 is 2.62 bits per heavy atom. The molecular formula is C16H16BrF2NO. The smallest absolute Gasteiger partial charge is 0.164 e. The van der Waals surface area contributed by atoms with E-state index in [2.05, 4.69) is 21.2 Å². The highest BCUT2D eigenvalue weighted by Gasteiger charge is 2.16. The molecule has 0 radical (unpaired) electrons. The van der Waals surface area contributed by atoms with Crippen LogP contribution in [-0.2, 0) is 11.3 Å². The molecule has 0 aliphatic rings. The lowest BCUT2D eigenvalue weighted by Crippen LogP contribution is -2.11. The van der Waals surface area contributed by atoms with Gasteiger partial charge >= 0.3 is 0 Å². The van der Waals surface area contributed by atoms with E-state index in [9.17, 15) is 8.78 Å². The maximum atomic E-state index is 13.8.